The van der Waals surface area contributed by atoms with Crippen LogP contribution in [0.4, 0.5) is 5.69 Å². The van der Waals surface area contributed by atoms with Crippen LogP contribution in [0, 0.1) is 0 Å². The number of ketones is 1. The molecule has 0 bridgehead atoms. The van der Waals surface area contributed by atoms with Gasteiger partial charge in [0.1, 0.15) is 5.70 Å². The zero-order valence-corrected chi connectivity index (χ0v) is 26.2. The van der Waals surface area contributed by atoms with Crippen molar-refractivity contribution in [1.29, 1.82) is 0 Å². The first-order valence-corrected chi connectivity index (χ1v) is 15.4. The fourth-order valence-corrected chi connectivity index (χ4v) is 5.39. The van der Waals surface area contributed by atoms with Crippen molar-refractivity contribution in [3.63, 3.8) is 0 Å². The summed E-state index contributed by atoms with van der Waals surface area (Å²) < 4.78 is 10.7. The number of hydrogen-bond acceptors (Lipinski definition) is 6. The Labute approximate surface area is 272 Å². The van der Waals surface area contributed by atoms with Gasteiger partial charge in [-0.05, 0) is 71.3 Å². The number of anilines is 1. The third kappa shape index (κ3) is 8.31. The molecule has 8 heteroatoms. The summed E-state index contributed by atoms with van der Waals surface area (Å²) in [6, 6.07) is 38.7. The summed E-state index contributed by atoms with van der Waals surface area (Å²) >= 11 is 1.42. The first-order valence-electron chi connectivity index (χ1n) is 14.5. The van der Waals surface area contributed by atoms with E-state index in [4.69, 9.17) is 9.47 Å². The Morgan fingerprint density at radius 2 is 1.30 bits per heavy atom. The molecule has 5 aromatic carbocycles. The van der Waals surface area contributed by atoms with E-state index in [9.17, 15) is 14.4 Å². The fourth-order valence-electron chi connectivity index (χ4n) is 4.60. The molecule has 0 spiro atoms. The van der Waals surface area contributed by atoms with Gasteiger partial charge in [-0.2, -0.15) is 0 Å². The lowest BCUT2D eigenvalue weighted by Crippen LogP contribution is -2.30. The monoisotopic (exact) mass is 628 g/mol. The third-order valence-electron chi connectivity index (χ3n) is 7.04. The first kappa shape index (κ1) is 31.8. The molecule has 0 aliphatic rings. The van der Waals surface area contributed by atoms with Gasteiger partial charge in [-0.1, -0.05) is 78.9 Å². The highest BCUT2D eigenvalue weighted by atomic mass is 32.2. The van der Waals surface area contributed by atoms with E-state index in [1.54, 1.807) is 67.8 Å². The van der Waals surface area contributed by atoms with Crippen LogP contribution < -0.4 is 20.1 Å². The zero-order valence-electron chi connectivity index (χ0n) is 25.4. The number of methoxy groups -OCH3 is 2. The van der Waals surface area contributed by atoms with E-state index in [-0.39, 0.29) is 17.2 Å². The third-order valence-corrected chi connectivity index (χ3v) is 8.06. The molecule has 230 valence electrons. The number of hydrogen-bond donors (Lipinski definition) is 2. The van der Waals surface area contributed by atoms with Crippen molar-refractivity contribution in [2.24, 2.45) is 0 Å². The number of rotatable bonds is 12. The number of benzene rings is 5. The van der Waals surface area contributed by atoms with Crippen LogP contribution >= 0.6 is 11.8 Å². The minimum absolute atomic E-state index is 0.0288. The number of carbonyl (C=O) groups excluding carboxylic acids is 3. The average Bonchev–Trinajstić information content (AvgIpc) is 3.11. The molecule has 0 fully saturated rings. The van der Waals surface area contributed by atoms with Crippen LogP contribution in [0.15, 0.2) is 138 Å². The standard InChI is InChI=1S/C38H32N2O5S/c1-44-35-22-13-26(24-36(35)45-2)23-33(40-37(42)30-11-7-4-8-12-30)38(43)39-31-18-20-32(21-19-31)46-25-34(41)29-16-14-28(15-17-29)27-9-5-3-6-10-27/h3-24H,25H2,1-2H3,(H,39,43)(H,40,42)/b33-23-. The number of ether oxygens (including phenoxy) is 2. The highest BCUT2D eigenvalue weighted by Crippen LogP contribution is 2.29. The average molecular weight is 629 g/mol. The van der Waals surface area contributed by atoms with Gasteiger partial charge < -0.3 is 20.1 Å². The summed E-state index contributed by atoms with van der Waals surface area (Å²) in [6.07, 6.45) is 1.57. The minimum atomic E-state index is -0.506. The molecule has 46 heavy (non-hydrogen) atoms. The molecule has 0 saturated heterocycles. The molecule has 0 radical (unpaired) electrons. The molecule has 0 aromatic heterocycles. The normalized spacial score (nSPS) is 11.0. The highest BCUT2D eigenvalue weighted by Gasteiger charge is 2.16. The fraction of sp³-hybridized carbons (Fsp3) is 0.0789. The van der Waals surface area contributed by atoms with Gasteiger partial charge in [0.05, 0.1) is 20.0 Å². The van der Waals surface area contributed by atoms with Crippen LogP contribution in [0.25, 0.3) is 17.2 Å². The van der Waals surface area contributed by atoms with Crippen molar-refractivity contribution in [2.45, 2.75) is 4.90 Å². The summed E-state index contributed by atoms with van der Waals surface area (Å²) in [5.41, 5.74) is 4.43. The molecule has 0 aliphatic heterocycles. The molecule has 2 N–H and O–H groups in total. The number of Topliss-reactive ketones (excluding diaryl/α,β-unsaturated/α-hetero) is 1. The van der Waals surface area contributed by atoms with Gasteiger partial charge in [0.25, 0.3) is 11.8 Å². The summed E-state index contributed by atoms with van der Waals surface area (Å²) in [6.45, 7) is 0. The maximum Gasteiger partial charge on any atom is 0.272 e. The molecule has 7 nitrogen and oxygen atoms in total. The maximum absolute atomic E-state index is 13.4. The first-order chi connectivity index (χ1) is 22.4. The molecule has 5 aromatic rings. The molecule has 0 atom stereocenters. The Balaban J connectivity index is 1.25. The van der Waals surface area contributed by atoms with Crippen molar-refractivity contribution < 1.29 is 23.9 Å². The summed E-state index contributed by atoms with van der Waals surface area (Å²) in [5.74, 6) is 0.407. The lowest BCUT2D eigenvalue weighted by molar-refractivity contribution is -0.113. The van der Waals surface area contributed by atoms with Crippen LogP contribution in [0.1, 0.15) is 26.3 Å². The Morgan fingerprint density at radius 1 is 0.674 bits per heavy atom. The lowest BCUT2D eigenvalue weighted by Gasteiger charge is -2.13. The van der Waals surface area contributed by atoms with E-state index in [0.717, 1.165) is 16.0 Å². The Morgan fingerprint density at radius 3 is 1.96 bits per heavy atom. The second kappa shape index (κ2) is 15.4. The molecule has 0 unspecified atom stereocenters. The van der Waals surface area contributed by atoms with Crippen LogP contribution in [-0.4, -0.2) is 37.6 Å². The molecule has 0 heterocycles. The minimum Gasteiger partial charge on any atom is -0.493 e. The van der Waals surface area contributed by atoms with Crippen molar-refractivity contribution >= 4 is 41.1 Å². The van der Waals surface area contributed by atoms with E-state index in [2.05, 4.69) is 10.6 Å². The van der Waals surface area contributed by atoms with E-state index in [0.29, 0.717) is 33.9 Å². The summed E-state index contributed by atoms with van der Waals surface area (Å²) in [7, 11) is 3.07. The van der Waals surface area contributed by atoms with Gasteiger partial charge in [-0.3, -0.25) is 14.4 Å². The van der Waals surface area contributed by atoms with Gasteiger partial charge >= 0.3 is 0 Å². The molecular weight excluding hydrogens is 596 g/mol. The second-order valence-corrected chi connectivity index (χ2v) is 11.2. The highest BCUT2D eigenvalue weighted by molar-refractivity contribution is 8.00. The van der Waals surface area contributed by atoms with E-state index >= 15 is 0 Å². The van der Waals surface area contributed by atoms with Crippen molar-refractivity contribution in [3.05, 3.63) is 150 Å². The lowest BCUT2D eigenvalue weighted by atomic mass is 10.0. The van der Waals surface area contributed by atoms with Crippen LogP contribution in [-0.2, 0) is 4.79 Å². The number of nitrogens with one attached hydrogen (secondary N) is 2. The predicted octanol–water partition coefficient (Wildman–Crippen LogP) is 7.76. The van der Waals surface area contributed by atoms with Crippen molar-refractivity contribution in [3.8, 4) is 22.6 Å². The molecule has 0 aliphatic carbocycles. The van der Waals surface area contributed by atoms with Crippen LogP contribution in [0.3, 0.4) is 0 Å². The van der Waals surface area contributed by atoms with Gasteiger partial charge in [-0.25, -0.2) is 0 Å². The van der Waals surface area contributed by atoms with Crippen molar-refractivity contribution in [2.75, 3.05) is 25.3 Å². The van der Waals surface area contributed by atoms with E-state index in [1.807, 2.05) is 72.8 Å². The van der Waals surface area contributed by atoms with Gasteiger partial charge in [-0.15, -0.1) is 11.8 Å². The maximum atomic E-state index is 13.4. The molecule has 5 rings (SSSR count). The molecule has 2 amide bonds. The van der Waals surface area contributed by atoms with Gasteiger partial charge in [0.15, 0.2) is 17.3 Å². The molecular formula is C38H32N2O5S. The van der Waals surface area contributed by atoms with E-state index in [1.165, 1.54) is 18.9 Å². The van der Waals surface area contributed by atoms with Gasteiger partial charge in [0, 0.05) is 21.7 Å². The smallest absolute Gasteiger partial charge is 0.272 e. The Kier molecular flexibility index (Phi) is 10.7. The number of thioether (sulfide) groups is 1. The summed E-state index contributed by atoms with van der Waals surface area (Å²) in [5, 5.41) is 5.59. The predicted molar refractivity (Wildman–Crippen MR) is 183 cm³/mol. The Hall–Kier alpha value is -5.60. The molecule has 0 saturated carbocycles. The van der Waals surface area contributed by atoms with Crippen molar-refractivity contribution in [1.82, 2.24) is 5.32 Å². The number of amides is 2. The largest absolute Gasteiger partial charge is 0.493 e. The summed E-state index contributed by atoms with van der Waals surface area (Å²) in [4.78, 5) is 40.1. The quantitative estimate of drug-likeness (QED) is 0.0834. The SMILES string of the molecule is COc1ccc(/C=C(\NC(=O)c2ccccc2)C(=O)Nc2ccc(SCC(=O)c3ccc(-c4ccccc4)cc3)cc2)cc1OC. The van der Waals surface area contributed by atoms with Gasteiger partial charge in [0.2, 0.25) is 0 Å². The number of carbonyl (C=O) groups is 3. The van der Waals surface area contributed by atoms with Crippen LogP contribution in [0.2, 0.25) is 0 Å². The topological polar surface area (TPSA) is 93.7 Å². The Bertz CT molecular complexity index is 1840. The zero-order chi connectivity index (χ0) is 32.3. The van der Waals surface area contributed by atoms with Crippen LogP contribution in [0.5, 0.6) is 11.5 Å². The van der Waals surface area contributed by atoms with E-state index < -0.39 is 11.8 Å². The second-order valence-electron chi connectivity index (χ2n) is 10.1.